The Morgan fingerprint density at radius 2 is 1.74 bits per heavy atom. The number of amides is 1. The van der Waals surface area contributed by atoms with Crippen LogP contribution in [-0.4, -0.2) is 95.7 Å². The molecule has 14 nitrogen and oxygen atoms in total. The van der Waals surface area contributed by atoms with E-state index in [4.69, 9.17) is 24.7 Å². The molecule has 0 radical (unpaired) electrons. The van der Waals surface area contributed by atoms with Crippen LogP contribution in [0.1, 0.15) is 111 Å². The SMILES string of the molecule is COC(=O)/C(C)=C\CC1(O)C(=O)C2CC(C(C)C)C13Oc1c(CC=C(C)C)c4c(c(OC(=O)CCC(=O)N5CCN(C)CC5)c1C1=C3C2C(C#N)=C(N)N1)C=CC(C)(CCC=C(C)C)O4. The van der Waals surface area contributed by atoms with Crippen LogP contribution in [-0.2, 0) is 30.3 Å². The molecule has 1 spiro atoms. The van der Waals surface area contributed by atoms with E-state index in [1.165, 1.54) is 18.8 Å². The van der Waals surface area contributed by atoms with Gasteiger partial charge in [0.05, 0.1) is 42.0 Å². The predicted octanol–water partition coefficient (Wildman–Crippen LogP) is 6.44. The molecule has 7 aliphatic rings. The third-order valence-electron chi connectivity index (χ3n) is 14.2. The number of esters is 2. The van der Waals surface area contributed by atoms with Gasteiger partial charge in [0.1, 0.15) is 22.9 Å². The molecule has 8 rings (SSSR count). The molecule has 0 aromatic heterocycles. The Hall–Kier alpha value is -5.65. The van der Waals surface area contributed by atoms with Gasteiger partial charge in [-0.05, 0) is 92.3 Å². The summed E-state index contributed by atoms with van der Waals surface area (Å²) in [5.41, 5.74) is 6.67. The molecule has 1 aromatic rings. The number of carbonyl (C=O) groups is 4. The summed E-state index contributed by atoms with van der Waals surface area (Å²) >= 11 is 0. The number of hydrogen-bond donors (Lipinski definition) is 3. The maximum atomic E-state index is 15.2. The third-order valence-corrected chi connectivity index (χ3v) is 14.2. The zero-order valence-electron chi connectivity index (χ0n) is 39.6. The second kappa shape index (κ2) is 18.0. The standard InChI is InChI=1S/C51H65N5O9/c1-28(2)12-11-19-49(8)20-18-33-43(64-49)32(14-13-29(3)4)45-40(44(33)63-38(58)16-15-37(57)56-24-22-55(9)23-25-56)42-41-39(35(27-52)47(53)54-42)34-26-36(30(5)6)51(41,65-45)50(61,46(34)59)21-17-31(7)48(60)62-10/h12-13,17-18,20,30,34,36,39,54,61H,11,14-16,19,21-26,53H2,1-10H3/b31-17-. The molecule has 4 aliphatic heterocycles. The summed E-state index contributed by atoms with van der Waals surface area (Å²) in [6, 6.07) is 2.27. The van der Waals surface area contributed by atoms with Gasteiger partial charge >= 0.3 is 11.9 Å². The number of allylic oxidation sites excluding steroid dienone is 5. The molecule has 348 valence electrons. The number of nitrogens with two attached hydrogens (primary N) is 1. The molecule has 4 fully saturated rings. The number of ketones is 1. The number of Topliss-reactive ketones (excluding diaryl/α,β-unsaturated/α-hetero) is 1. The lowest BCUT2D eigenvalue weighted by atomic mass is 9.43. The minimum atomic E-state index is -2.26. The van der Waals surface area contributed by atoms with Crippen LogP contribution in [0.4, 0.5) is 0 Å². The highest BCUT2D eigenvalue weighted by Crippen LogP contribution is 2.68. The number of benzene rings is 1. The van der Waals surface area contributed by atoms with Crippen LogP contribution in [0.5, 0.6) is 17.2 Å². The number of methoxy groups -OCH3 is 1. The number of piperazine rings is 1. The average Bonchev–Trinajstić information content (AvgIpc) is 3.25. The number of rotatable bonds is 13. The Labute approximate surface area is 382 Å². The number of aliphatic hydroxyl groups is 1. The Bertz CT molecular complexity index is 2420. The molecule has 4 heterocycles. The molecule has 3 saturated carbocycles. The number of hydrogen-bond acceptors (Lipinski definition) is 13. The Balaban J connectivity index is 1.50. The molecule has 1 saturated heterocycles. The highest BCUT2D eigenvalue weighted by molar-refractivity contribution is 6.01. The van der Waals surface area contributed by atoms with Crippen LogP contribution in [0.3, 0.4) is 0 Å². The van der Waals surface area contributed by atoms with E-state index in [1.807, 2.05) is 73.7 Å². The molecule has 6 atom stereocenters. The lowest BCUT2D eigenvalue weighted by Gasteiger charge is -2.65. The Morgan fingerprint density at radius 3 is 2.37 bits per heavy atom. The van der Waals surface area contributed by atoms with Crippen LogP contribution < -0.4 is 25.3 Å². The highest BCUT2D eigenvalue weighted by Gasteiger charge is 2.76. The van der Waals surface area contributed by atoms with E-state index in [0.717, 1.165) is 25.1 Å². The second-order valence-corrected chi connectivity index (χ2v) is 19.6. The fourth-order valence-corrected chi connectivity index (χ4v) is 10.7. The first-order valence-electron chi connectivity index (χ1n) is 22.9. The van der Waals surface area contributed by atoms with E-state index in [2.05, 4.69) is 22.4 Å². The quantitative estimate of drug-likeness (QED) is 0.0849. The van der Waals surface area contributed by atoms with Gasteiger partial charge in [-0.15, -0.1) is 0 Å². The van der Waals surface area contributed by atoms with Gasteiger partial charge in [0.15, 0.2) is 22.7 Å². The minimum absolute atomic E-state index is 0.0305. The van der Waals surface area contributed by atoms with Crippen molar-refractivity contribution in [1.29, 1.82) is 5.26 Å². The molecule has 65 heavy (non-hydrogen) atoms. The summed E-state index contributed by atoms with van der Waals surface area (Å²) in [7, 11) is 3.27. The van der Waals surface area contributed by atoms with Crippen LogP contribution in [0.2, 0.25) is 0 Å². The molecule has 1 aromatic carbocycles. The van der Waals surface area contributed by atoms with E-state index in [1.54, 1.807) is 11.8 Å². The topological polar surface area (TPSA) is 194 Å². The van der Waals surface area contributed by atoms with Crippen molar-refractivity contribution in [2.75, 3.05) is 40.3 Å². The summed E-state index contributed by atoms with van der Waals surface area (Å²) in [5, 5.41) is 27.5. The van der Waals surface area contributed by atoms with Crippen molar-refractivity contribution in [2.45, 2.75) is 117 Å². The van der Waals surface area contributed by atoms with E-state index in [0.29, 0.717) is 53.2 Å². The third kappa shape index (κ3) is 8.20. The summed E-state index contributed by atoms with van der Waals surface area (Å²) in [4.78, 5) is 59.4. The van der Waals surface area contributed by atoms with Gasteiger partial charge in [0, 0.05) is 73.5 Å². The van der Waals surface area contributed by atoms with Crippen LogP contribution in [0.25, 0.3) is 11.8 Å². The second-order valence-electron chi connectivity index (χ2n) is 19.6. The van der Waals surface area contributed by atoms with Gasteiger partial charge in [-0.1, -0.05) is 43.2 Å². The Morgan fingerprint density at radius 1 is 1.05 bits per heavy atom. The molecule has 3 aliphatic carbocycles. The van der Waals surface area contributed by atoms with E-state index in [-0.39, 0.29) is 72.4 Å². The predicted molar refractivity (Wildman–Crippen MR) is 246 cm³/mol. The van der Waals surface area contributed by atoms with Crippen molar-refractivity contribution in [3.8, 4) is 23.3 Å². The highest BCUT2D eigenvalue weighted by atomic mass is 16.6. The van der Waals surface area contributed by atoms with Crippen LogP contribution in [0, 0.1) is 35.0 Å². The number of nitriles is 1. The first kappa shape index (κ1) is 47.3. The fourth-order valence-electron chi connectivity index (χ4n) is 10.7. The Kier molecular flexibility index (Phi) is 13.1. The minimum Gasteiger partial charge on any atom is -0.482 e. The lowest BCUT2D eigenvalue weighted by Crippen LogP contribution is -2.78. The summed E-state index contributed by atoms with van der Waals surface area (Å²) in [6.07, 6.45) is 10.9. The van der Waals surface area contributed by atoms with Crippen molar-refractivity contribution in [2.24, 2.45) is 29.4 Å². The maximum absolute atomic E-state index is 15.2. The largest absolute Gasteiger partial charge is 0.482 e. The number of dihydropyridines is 1. The molecule has 1 amide bonds. The molecule has 6 unspecified atom stereocenters. The monoisotopic (exact) mass is 891 g/mol. The number of likely N-dealkylation sites (N-methyl/N-ethyl adjacent to an activating group) is 1. The van der Waals surface area contributed by atoms with Crippen molar-refractivity contribution in [3.05, 3.63) is 74.7 Å². The van der Waals surface area contributed by atoms with Gasteiger partial charge in [-0.25, -0.2) is 4.79 Å². The number of fused-ring (bicyclic) bond motifs is 5. The lowest BCUT2D eigenvalue weighted by molar-refractivity contribution is -0.209. The first-order chi connectivity index (χ1) is 30.7. The summed E-state index contributed by atoms with van der Waals surface area (Å²) in [6.45, 7) is 18.3. The van der Waals surface area contributed by atoms with E-state index >= 15 is 4.79 Å². The maximum Gasteiger partial charge on any atom is 0.333 e. The first-order valence-corrected chi connectivity index (χ1v) is 22.9. The van der Waals surface area contributed by atoms with Gasteiger partial charge < -0.3 is 44.9 Å². The van der Waals surface area contributed by atoms with E-state index < -0.39 is 52.3 Å². The number of nitrogens with one attached hydrogen (secondary N) is 1. The smallest absolute Gasteiger partial charge is 0.333 e. The van der Waals surface area contributed by atoms with Gasteiger partial charge in [0.2, 0.25) is 5.91 Å². The normalized spacial score (nSPS) is 27.7. The van der Waals surface area contributed by atoms with Gasteiger partial charge in [0.25, 0.3) is 0 Å². The zero-order chi connectivity index (χ0) is 47.3. The average molecular weight is 892 g/mol. The van der Waals surface area contributed by atoms with E-state index in [9.17, 15) is 24.8 Å². The fraction of sp³-hybridized carbons (Fsp3) is 0.549. The zero-order valence-corrected chi connectivity index (χ0v) is 39.6. The number of carbonyl (C=O) groups excluding carboxylic acids is 4. The molecule has 14 heteroatoms. The van der Waals surface area contributed by atoms with Gasteiger partial charge in [-0.2, -0.15) is 5.26 Å². The van der Waals surface area contributed by atoms with Gasteiger partial charge in [-0.3, -0.25) is 14.4 Å². The molecular weight excluding hydrogens is 827 g/mol. The van der Waals surface area contributed by atoms with Crippen LogP contribution in [0.15, 0.2) is 58.0 Å². The summed E-state index contributed by atoms with van der Waals surface area (Å²) < 4.78 is 26.2. The van der Waals surface area contributed by atoms with Crippen molar-refractivity contribution in [1.82, 2.24) is 15.1 Å². The molecule has 2 bridgehead atoms. The van der Waals surface area contributed by atoms with Crippen LogP contribution >= 0.6 is 0 Å². The van der Waals surface area contributed by atoms with Crippen molar-refractivity contribution >= 4 is 35.4 Å². The summed E-state index contributed by atoms with van der Waals surface area (Å²) in [5.74, 6) is -3.58. The van der Waals surface area contributed by atoms with Crippen molar-refractivity contribution in [3.63, 3.8) is 0 Å². The number of nitrogens with zero attached hydrogens (tertiary/aromatic N) is 3. The molecular formula is C51H65N5O9. The molecule has 4 N–H and O–H groups in total. The number of ether oxygens (including phenoxy) is 4. The van der Waals surface area contributed by atoms with Crippen molar-refractivity contribution < 1.29 is 43.2 Å².